The lowest BCUT2D eigenvalue weighted by Crippen LogP contribution is -2.54. The van der Waals surface area contributed by atoms with Crippen molar-refractivity contribution in [2.45, 2.75) is 31.3 Å². The molecule has 9 aromatic rings. The second-order valence-corrected chi connectivity index (χ2v) is 14.5. The van der Waals surface area contributed by atoms with Crippen molar-refractivity contribution in [3.05, 3.63) is 193 Å². The Kier molecular flexibility index (Phi) is 7.37. The lowest BCUT2D eigenvalue weighted by molar-refractivity contribution is 0.203. The maximum atomic E-state index is 3.86. The smallest absolute Gasteiger partial charge is 0.0864 e. The summed E-state index contributed by atoms with van der Waals surface area (Å²) in [5, 5.41) is 19.3. The Morgan fingerprint density at radius 1 is 0.426 bits per heavy atom. The van der Waals surface area contributed by atoms with Gasteiger partial charge in [-0.05, 0) is 70.6 Å². The van der Waals surface area contributed by atoms with Crippen LogP contribution in [0.1, 0.15) is 48.0 Å². The van der Waals surface area contributed by atoms with E-state index in [1.54, 1.807) is 0 Å². The van der Waals surface area contributed by atoms with E-state index >= 15 is 0 Å². The van der Waals surface area contributed by atoms with Crippen molar-refractivity contribution in [1.82, 2.24) is 25.1 Å². The van der Waals surface area contributed by atoms with E-state index < -0.39 is 0 Å². The van der Waals surface area contributed by atoms with E-state index in [1.165, 1.54) is 76.8 Å². The number of rotatable bonds is 5. The van der Waals surface area contributed by atoms with Crippen LogP contribution in [0.5, 0.6) is 0 Å². The van der Waals surface area contributed by atoms with E-state index in [1.807, 2.05) is 0 Å². The van der Waals surface area contributed by atoms with Gasteiger partial charge in [-0.3, -0.25) is 16.0 Å². The van der Waals surface area contributed by atoms with E-state index in [0.717, 1.165) is 18.5 Å². The van der Waals surface area contributed by atoms with Gasteiger partial charge in [-0.2, -0.15) is 0 Å². The average molecular weight is 698 g/mol. The van der Waals surface area contributed by atoms with Gasteiger partial charge in [-0.25, -0.2) is 0 Å². The minimum atomic E-state index is -0.0710. The largest absolute Gasteiger partial charge is 0.311 e. The molecule has 54 heavy (non-hydrogen) atoms. The van der Waals surface area contributed by atoms with Crippen molar-refractivity contribution in [1.29, 1.82) is 0 Å². The van der Waals surface area contributed by atoms with Gasteiger partial charge in [0.05, 0.1) is 40.6 Å². The third kappa shape index (κ3) is 4.90. The Labute approximate surface area is 313 Å². The molecule has 5 heteroatoms. The van der Waals surface area contributed by atoms with Gasteiger partial charge >= 0.3 is 0 Å². The summed E-state index contributed by atoms with van der Waals surface area (Å²) in [5.41, 5.74) is 11.1. The molecule has 0 amide bonds. The summed E-state index contributed by atoms with van der Waals surface area (Å²) in [6.07, 6.45) is 8.73. The molecule has 2 aliphatic rings. The van der Waals surface area contributed by atoms with Crippen LogP contribution in [0, 0.1) is 0 Å². The van der Waals surface area contributed by atoms with Crippen LogP contribution in [0.4, 0.5) is 0 Å². The molecule has 2 aromatic heterocycles. The molecule has 0 radical (unpaired) electrons. The maximum Gasteiger partial charge on any atom is 0.0864 e. The predicted molar refractivity (Wildman–Crippen MR) is 224 cm³/mol. The molecular weight excluding hydrogens is 659 g/mol. The number of allylic oxidation sites excluding steroid dienone is 4. The highest BCUT2D eigenvalue weighted by Gasteiger charge is 2.30. The zero-order valence-electron chi connectivity index (χ0n) is 29.8. The van der Waals surface area contributed by atoms with Gasteiger partial charge in [0, 0.05) is 32.9 Å². The van der Waals surface area contributed by atoms with Crippen LogP contribution in [0.3, 0.4) is 0 Å². The van der Waals surface area contributed by atoms with Crippen molar-refractivity contribution in [2.24, 2.45) is 0 Å². The Morgan fingerprint density at radius 3 is 1.39 bits per heavy atom. The highest BCUT2D eigenvalue weighted by molar-refractivity contribution is 6.36. The number of hydrogen-bond acceptors (Lipinski definition) is 3. The first-order valence-electron chi connectivity index (χ1n) is 19.0. The summed E-state index contributed by atoms with van der Waals surface area (Å²) in [7, 11) is 0. The second kappa shape index (κ2) is 12.7. The van der Waals surface area contributed by atoms with Crippen LogP contribution in [0.15, 0.2) is 176 Å². The third-order valence-electron chi connectivity index (χ3n) is 11.5. The minimum absolute atomic E-state index is 0.0212. The Hall–Kier alpha value is -6.24. The van der Waals surface area contributed by atoms with Crippen molar-refractivity contribution in [3.8, 4) is 5.69 Å². The van der Waals surface area contributed by atoms with E-state index in [9.17, 15) is 0 Å². The third-order valence-corrected chi connectivity index (χ3v) is 11.5. The topological polar surface area (TPSA) is 46.0 Å². The van der Waals surface area contributed by atoms with Gasteiger partial charge in [0.2, 0.25) is 0 Å². The summed E-state index contributed by atoms with van der Waals surface area (Å²) in [5.74, 6) is 0. The van der Waals surface area contributed by atoms with Crippen molar-refractivity contribution >= 4 is 60.1 Å². The van der Waals surface area contributed by atoms with Crippen molar-refractivity contribution in [3.63, 3.8) is 0 Å². The molecule has 1 aliphatic heterocycles. The number of nitrogens with one attached hydrogen (secondary N) is 3. The van der Waals surface area contributed by atoms with Crippen LogP contribution in [0.2, 0.25) is 0 Å². The molecule has 2 unspecified atom stereocenters. The molecule has 3 N–H and O–H groups in total. The Balaban J connectivity index is 1.13. The van der Waals surface area contributed by atoms with Crippen LogP contribution in [0.25, 0.3) is 65.8 Å². The second-order valence-electron chi connectivity index (χ2n) is 14.5. The number of nitrogens with zero attached hydrogens (tertiary/aromatic N) is 2. The molecule has 1 saturated heterocycles. The highest BCUT2D eigenvalue weighted by atomic mass is 15.4. The first-order chi connectivity index (χ1) is 26.8. The monoisotopic (exact) mass is 697 g/mol. The number of para-hydroxylation sites is 2. The first-order valence-corrected chi connectivity index (χ1v) is 19.0. The minimum Gasteiger partial charge on any atom is -0.311 e. The van der Waals surface area contributed by atoms with Crippen molar-refractivity contribution < 1.29 is 0 Å². The van der Waals surface area contributed by atoms with E-state index in [4.69, 9.17) is 0 Å². The lowest BCUT2D eigenvalue weighted by atomic mass is 9.98. The zero-order valence-corrected chi connectivity index (χ0v) is 29.8. The molecule has 7 aromatic carbocycles. The quantitative estimate of drug-likeness (QED) is 0.168. The fraction of sp³-hybridized carbons (Fsp3) is 0.102. The van der Waals surface area contributed by atoms with E-state index in [-0.39, 0.29) is 18.5 Å². The van der Waals surface area contributed by atoms with Crippen LogP contribution in [-0.2, 0) is 0 Å². The predicted octanol–water partition coefficient (Wildman–Crippen LogP) is 11.4. The van der Waals surface area contributed by atoms with E-state index in [0.29, 0.717) is 0 Å². The Bertz CT molecular complexity index is 2870. The van der Waals surface area contributed by atoms with Gasteiger partial charge in [-0.1, -0.05) is 146 Å². The molecule has 2 atom stereocenters. The molecule has 0 bridgehead atoms. The fourth-order valence-corrected chi connectivity index (χ4v) is 9.06. The molecule has 260 valence electrons. The van der Waals surface area contributed by atoms with Gasteiger partial charge in [0.15, 0.2) is 0 Å². The van der Waals surface area contributed by atoms with Crippen LogP contribution in [-0.4, -0.2) is 9.13 Å². The summed E-state index contributed by atoms with van der Waals surface area (Å²) < 4.78 is 5.07. The summed E-state index contributed by atoms with van der Waals surface area (Å²) >= 11 is 0. The molecule has 0 saturated carbocycles. The van der Waals surface area contributed by atoms with Crippen LogP contribution < -0.4 is 16.0 Å². The molecule has 1 aliphatic carbocycles. The standard InChI is InChI=1S/C49H39N5/c1-4-16-32(17-5-1)47-50-48(33-18-6-2-7-19-33)52-49(51-47)34-28-30-36(31-29-34)54-42-27-15-13-25-40(42)44-38-23-11-10-22-37(38)43-39-24-12-14-26-41(39)53(45(43)46(44)54)35-20-8-3-9-21-35/h1-8,10-20,22-31,47-52H,9,21H2. The zero-order chi connectivity index (χ0) is 35.6. The Morgan fingerprint density at radius 2 is 0.870 bits per heavy atom. The van der Waals surface area contributed by atoms with Crippen LogP contribution >= 0.6 is 0 Å². The summed E-state index contributed by atoms with van der Waals surface area (Å²) in [6.45, 7) is 0. The number of fused-ring (bicyclic) bond motifs is 10. The molecule has 0 spiro atoms. The SMILES string of the molecule is C1=CCCC(n2c3ccccc3c3c4ccccc4c4c5ccccc5n(-c5ccc(C6NC(c7ccccc7)NC(c7ccccc7)N6)cc5)c4c32)=C1. The molecule has 5 nitrogen and oxygen atoms in total. The number of benzene rings is 7. The fourth-order valence-electron chi connectivity index (χ4n) is 9.06. The lowest BCUT2D eigenvalue weighted by Gasteiger charge is -2.39. The number of hydrogen-bond donors (Lipinski definition) is 3. The molecule has 11 rings (SSSR count). The molecular formula is C49H39N5. The average Bonchev–Trinajstić information content (AvgIpc) is 3.79. The summed E-state index contributed by atoms with van der Waals surface area (Å²) in [6, 6.07) is 57.4. The maximum absolute atomic E-state index is 3.86. The van der Waals surface area contributed by atoms with Gasteiger partial charge in [-0.15, -0.1) is 0 Å². The van der Waals surface area contributed by atoms with E-state index in [2.05, 4.69) is 201 Å². The van der Waals surface area contributed by atoms with Gasteiger partial charge in [0.1, 0.15) is 0 Å². The number of aromatic nitrogens is 2. The van der Waals surface area contributed by atoms with Crippen molar-refractivity contribution in [2.75, 3.05) is 0 Å². The summed E-state index contributed by atoms with van der Waals surface area (Å²) in [4.78, 5) is 0. The first kappa shape index (κ1) is 31.3. The normalized spacial score (nSPS) is 19.0. The van der Waals surface area contributed by atoms with Gasteiger partial charge < -0.3 is 9.13 Å². The molecule has 1 fully saturated rings. The molecule has 3 heterocycles. The van der Waals surface area contributed by atoms with Gasteiger partial charge in [0.25, 0.3) is 0 Å². The highest BCUT2D eigenvalue weighted by Crippen LogP contribution is 2.47.